The number of para-hydroxylation sites is 1. The highest BCUT2D eigenvalue weighted by Gasteiger charge is 2.30. The first-order valence-electron chi connectivity index (χ1n) is 9.03. The first-order chi connectivity index (χ1) is 13.1. The quantitative estimate of drug-likeness (QED) is 0.715. The van der Waals surface area contributed by atoms with Gasteiger partial charge in [0.1, 0.15) is 0 Å². The van der Waals surface area contributed by atoms with Crippen molar-refractivity contribution >= 4 is 34.5 Å². The van der Waals surface area contributed by atoms with Crippen LogP contribution in [-0.2, 0) is 11.3 Å². The Labute approximate surface area is 163 Å². The van der Waals surface area contributed by atoms with Gasteiger partial charge in [-0.25, -0.2) is 0 Å². The summed E-state index contributed by atoms with van der Waals surface area (Å²) in [6.45, 7) is 2.94. The van der Waals surface area contributed by atoms with Gasteiger partial charge in [0.2, 0.25) is 5.91 Å². The molecule has 27 heavy (non-hydrogen) atoms. The maximum atomic E-state index is 13.1. The van der Waals surface area contributed by atoms with Crippen molar-refractivity contribution in [3.05, 3.63) is 65.7 Å². The van der Waals surface area contributed by atoms with Gasteiger partial charge in [-0.1, -0.05) is 55.4 Å². The molecule has 0 spiro atoms. The van der Waals surface area contributed by atoms with E-state index < -0.39 is 0 Å². The lowest BCUT2D eigenvalue weighted by atomic mass is 10.1. The monoisotopic (exact) mass is 382 g/mol. The number of amides is 3. The summed E-state index contributed by atoms with van der Waals surface area (Å²) in [7, 11) is 0. The third-order valence-electron chi connectivity index (χ3n) is 4.40. The van der Waals surface area contributed by atoms with E-state index >= 15 is 0 Å². The predicted molar refractivity (Wildman–Crippen MR) is 108 cm³/mol. The number of carbonyl (C=O) groups excluding carboxylic acids is 3. The summed E-state index contributed by atoms with van der Waals surface area (Å²) < 4.78 is 0. The van der Waals surface area contributed by atoms with Crippen molar-refractivity contribution in [3.8, 4) is 0 Å². The van der Waals surface area contributed by atoms with Crippen LogP contribution in [0.3, 0.4) is 0 Å². The van der Waals surface area contributed by atoms with Crippen molar-refractivity contribution in [1.29, 1.82) is 0 Å². The molecule has 1 aliphatic rings. The Bertz CT molecular complexity index is 822. The Morgan fingerprint density at radius 1 is 1.11 bits per heavy atom. The molecule has 0 atom stereocenters. The van der Waals surface area contributed by atoms with Gasteiger partial charge in [-0.3, -0.25) is 19.3 Å². The highest BCUT2D eigenvalue weighted by Crippen LogP contribution is 2.23. The standard InChI is InChI=1S/C21H22N2O3S/c1-2-3-12-22(18-10-5-4-6-11-18)20(25)17-9-7-8-16(13-17)14-23-19(24)15-27-21(23)26/h4-11,13H,2-3,12,14-15H2,1H3. The van der Waals surface area contributed by atoms with Gasteiger partial charge < -0.3 is 4.90 Å². The number of unbranched alkanes of at least 4 members (excludes halogenated alkanes) is 1. The van der Waals surface area contributed by atoms with Crippen LogP contribution in [0.1, 0.15) is 35.7 Å². The Balaban J connectivity index is 1.82. The number of rotatable bonds is 7. The topological polar surface area (TPSA) is 57.7 Å². The molecule has 5 nitrogen and oxygen atoms in total. The fourth-order valence-corrected chi connectivity index (χ4v) is 3.67. The Morgan fingerprint density at radius 3 is 2.56 bits per heavy atom. The van der Waals surface area contributed by atoms with Crippen LogP contribution in [-0.4, -0.2) is 34.3 Å². The molecule has 0 aliphatic carbocycles. The maximum Gasteiger partial charge on any atom is 0.289 e. The zero-order valence-electron chi connectivity index (χ0n) is 15.3. The third-order valence-corrected chi connectivity index (χ3v) is 5.26. The minimum Gasteiger partial charge on any atom is -0.308 e. The summed E-state index contributed by atoms with van der Waals surface area (Å²) in [5, 5.41) is -0.231. The average molecular weight is 382 g/mol. The molecule has 0 saturated carbocycles. The van der Waals surface area contributed by atoms with Crippen molar-refractivity contribution < 1.29 is 14.4 Å². The first kappa shape index (κ1) is 19.2. The molecule has 3 amide bonds. The van der Waals surface area contributed by atoms with Crippen molar-refractivity contribution in [1.82, 2.24) is 4.90 Å². The summed E-state index contributed by atoms with van der Waals surface area (Å²) in [6, 6.07) is 16.8. The number of hydrogen-bond acceptors (Lipinski definition) is 4. The van der Waals surface area contributed by atoms with Crippen LogP contribution < -0.4 is 4.90 Å². The van der Waals surface area contributed by atoms with Crippen molar-refractivity contribution in [2.24, 2.45) is 0 Å². The molecule has 1 saturated heterocycles. The Hall–Kier alpha value is -2.60. The molecule has 2 aromatic carbocycles. The molecule has 0 N–H and O–H groups in total. The summed E-state index contributed by atoms with van der Waals surface area (Å²) in [5.74, 6) is -0.0727. The second-order valence-corrected chi connectivity index (χ2v) is 7.31. The molecule has 0 unspecified atom stereocenters. The molecule has 0 bridgehead atoms. The van der Waals surface area contributed by atoms with E-state index in [0.717, 1.165) is 35.9 Å². The molecule has 0 aromatic heterocycles. The summed E-state index contributed by atoms with van der Waals surface area (Å²) in [5.41, 5.74) is 2.19. The zero-order chi connectivity index (χ0) is 19.2. The van der Waals surface area contributed by atoms with Gasteiger partial charge in [0.05, 0.1) is 12.3 Å². The smallest absolute Gasteiger partial charge is 0.289 e. The lowest BCUT2D eigenvalue weighted by Gasteiger charge is -2.23. The molecular weight excluding hydrogens is 360 g/mol. The number of thioether (sulfide) groups is 1. The van der Waals surface area contributed by atoms with E-state index in [1.54, 1.807) is 23.1 Å². The van der Waals surface area contributed by atoms with Crippen molar-refractivity contribution in [3.63, 3.8) is 0 Å². The van der Waals surface area contributed by atoms with Crippen LogP contribution in [0.5, 0.6) is 0 Å². The van der Waals surface area contributed by atoms with Gasteiger partial charge in [-0.05, 0) is 36.2 Å². The van der Waals surface area contributed by atoms with Crippen molar-refractivity contribution in [2.75, 3.05) is 17.2 Å². The van der Waals surface area contributed by atoms with E-state index in [1.165, 1.54) is 4.90 Å². The molecule has 0 radical (unpaired) electrons. The minimum atomic E-state index is -0.231. The van der Waals surface area contributed by atoms with Gasteiger partial charge in [0.15, 0.2) is 0 Å². The molecule has 3 rings (SSSR count). The summed E-state index contributed by atoms with van der Waals surface area (Å²) in [4.78, 5) is 39.8. The number of nitrogens with zero attached hydrogens (tertiary/aromatic N) is 2. The normalized spacial score (nSPS) is 13.9. The van der Waals surface area contributed by atoms with E-state index in [-0.39, 0.29) is 29.4 Å². The molecule has 1 fully saturated rings. The fraction of sp³-hybridized carbons (Fsp3) is 0.286. The molecule has 6 heteroatoms. The maximum absolute atomic E-state index is 13.1. The van der Waals surface area contributed by atoms with E-state index in [1.807, 2.05) is 36.4 Å². The average Bonchev–Trinajstić information content (AvgIpc) is 3.01. The van der Waals surface area contributed by atoms with Crippen LogP contribution in [0.25, 0.3) is 0 Å². The van der Waals surface area contributed by atoms with Crippen LogP contribution in [0.2, 0.25) is 0 Å². The van der Waals surface area contributed by atoms with Crippen molar-refractivity contribution in [2.45, 2.75) is 26.3 Å². The van der Waals surface area contributed by atoms with Crippen LogP contribution in [0.15, 0.2) is 54.6 Å². The zero-order valence-corrected chi connectivity index (χ0v) is 16.1. The number of anilines is 1. The Kier molecular flexibility index (Phi) is 6.29. The molecular formula is C21H22N2O3S. The van der Waals surface area contributed by atoms with Crippen LogP contribution >= 0.6 is 11.8 Å². The Morgan fingerprint density at radius 2 is 1.89 bits per heavy atom. The lowest BCUT2D eigenvalue weighted by Crippen LogP contribution is -2.32. The number of carbonyl (C=O) groups is 3. The molecule has 1 heterocycles. The van der Waals surface area contributed by atoms with Gasteiger partial charge in [0, 0.05) is 17.8 Å². The SMILES string of the molecule is CCCCN(C(=O)c1cccc(CN2C(=O)CSC2=O)c1)c1ccccc1. The second-order valence-electron chi connectivity index (χ2n) is 6.38. The highest BCUT2D eigenvalue weighted by atomic mass is 32.2. The first-order valence-corrected chi connectivity index (χ1v) is 10.0. The third kappa shape index (κ3) is 4.57. The summed E-state index contributed by atoms with van der Waals surface area (Å²) in [6.07, 6.45) is 1.90. The van der Waals surface area contributed by atoms with Crippen LogP contribution in [0.4, 0.5) is 10.5 Å². The van der Waals surface area contributed by atoms with E-state index in [4.69, 9.17) is 0 Å². The van der Waals surface area contributed by atoms with Gasteiger partial charge in [-0.15, -0.1) is 0 Å². The fourth-order valence-electron chi connectivity index (χ4n) is 2.95. The van der Waals surface area contributed by atoms with Gasteiger partial charge in [0.25, 0.3) is 11.1 Å². The summed E-state index contributed by atoms with van der Waals surface area (Å²) >= 11 is 1.02. The van der Waals surface area contributed by atoms with E-state index in [2.05, 4.69) is 6.92 Å². The van der Waals surface area contributed by atoms with E-state index in [9.17, 15) is 14.4 Å². The predicted octanol–water partition coefficient (Wildman–Crippen LogP) is 4.33. The van der Waals surface area contributed by atoms with E-state index in [0.29, 0.717) is 12.1 Å². The molecule has 2 aromatic rings. The van der Waals surface area contributed by atoms with Crippen LogP contribution in [0, 0.1) is 0 Å². The number of hydrogen-bond donors (Lipinski definition) is 0. The molecule has 1 aliphatic heterocycles. The minimum absolute atomic E-state index is 0.0787. The number of imide groups is 1. The lowest BCUT2D eigenvalue weighted by molar-refractivity contribution is -0.125. The number of benzene rings is 2. The highest BCUT2D eigenvalue weighted by molar-refractivity contribution is 8.14. The van der Waals surface area contributed by atoms with Gasteiger partial charge >= 0.3 is 0 Å². The largest absolute Gasteiger partial charge is 0.308 e. The second kappa shape index (κ2) is 8.86. The van der Waals surface area contributed by atoms with Gasteiger partial charge in [-0.2, -0.15) is 0 Å². The molecule has 140 valence electrons.